The number of fused-ring (bicyclic) bond motifs is 3. The van der Waals surface area contributed by atoms with Crippen LogP contribution in [0.15, 0.2) is 77.0 Å². The molecule has 4 aromatic rings. The molecule has 0 fully saturated rings. The third-order valence-corrected chi connectivity index (χ3v) is 7.14. The van der Waals surface area contributed by atoms with Gasteiger partial charge in [-0.15, -0.1) is 0 Å². The summed E-state index contributed by atoms with van der Waals surface area (Å²) in [5.41, 5.74) is 4.87. The van der Waals surface area contributed by atoms with Crippen LogP contribution in [0.3, 0.4) is 0 Å². The van der Waals surface area contributed by atoms with Gasteiger partial charge in [0, 0.05) is 11.1 Å². The SMILES string of the molecule is COc1ccc([C@@H]2Oc3ccccc3C3=C2[C@@H](c2ccc(OC)c(OC)c2)n2ncnc2N3)cc1Br. The van der Waals surface area contributed by atoms with E-state index in [0.29, 0.717) is 17.4 Å². The predicted molar refractivity (Wildman–Crippen MR) is 139 cm³/mol. The van der Waals surface area contributed by atoms with Crippen molar-refractivity contribution in [3.8, 4) is 23.0 Å². The van der Waals surface area contributed by atoms with Crippen LogP contribution in [0.25, 0.3) is 5.70 Å². The van der Waals surface area contributed by atoms with Gasteiger partial charge in [-0.05, 0) is 63.5 Å². The molecule has 0 amide bonds. The number of anilines is 1. The number of hydrogen-bond donors (Lipinski definition) is 1. The van der Waals surface area contributed by atoms with E-state index in [4.69, 9.17) is 18.9 Å². The molecule has 1 aromatic heterocycles. The first-order valence-corrected chi connectivity index (χ1v) is 12.1. The first kappa shape index (κ1) is 22.5. The summed E-state index contributed by atoms with van der Waals surface area (Å²) in [6, 6.07) is 19.6. The summed E-state index contributed by atoms with van der Waals surface area (Å²) >= 11 is 3.64. The number of nitrogens with one attached hydrogen (secondary N) is 1. The number of rotatable bonds is 5. The van der Waals surface area contributed by atoms with E-state index in [9.17, 15) is 0 Å². The largest absolute Gasteiger partial charge is 0.496 e. The lowest BCUT2D eigenvalue weighted by Crippen LogP contribution is -2.32. The molecule has 0 spiro atoms. The molecule has 0 radical (unpaired) electrons. The number of ether oxygens (including phenoxy) is 4. The first-order chi connectivity index (χ1) is 17.6. The molecule has 3 heterocycles. The van der Waals surface area contributed by atoms with Crippen LogP contribution in [0, 0.1) is 0 Å². The molecule has 8 nitrogen and oxygen atoms in total. The van der Waals surface area contributed by atoms with E-state index in [1.54, 1.807) is 27.7 Å². The number of aromatic nitrogens is 3. The van der Waals surface area contributed by atoms with Gasteiger partial charge < -0.3 is 24.3 Å². The number of nitrogens with zero attached hydrogens (tertiary/aromatic N) is 3. The molecule has 3 aromatic carbocycles. The summed E-state index contributed by atoms with van der Waals surface area (Å²) in [5, 5.41) is 8.10. The maximum atomic E-state index is 6.68. The van der Waals surface area contributed by atoms with Crippen molar-refractivity contribution in [2.45, 2.75) is 12.1 Å². The maximum absolute atomic E-state index is 6.68. The zero-order valence-electron chi connectivity index (χ0n) is 19.9. The molecular formula is C27H23BrN4O4. The van der Waals surface area contributed by atoms with E-state index >= 15 is 0 Å². The molecule has 0 aliphatic carbocycles. The van der Waals surface area contributed by atoms with Crippen LogP contribution in [-0.4, -0.2) is 36.1 Å². The summed E-state index contributed by atoms with van der Waals surface area (Å²) in [5.74, 6) is 3.49. The Morgan fingerprint density at radius 2 is 1.64 bits per heavy atom. The van der Waals surface area contributed by atoms with Gasteiger partial charge in [-0.3, -0.25) is 0 Å². The van der Waals surface area contributed by atoms with Crippen LogP contribution >= 0.6 is 15.9 Å². The van der Waals surface area contributed by atoms with E-state index in [1.807, 2.05) is 59.3 Å². The summed E-state index contributed by atoms with van der Waals surface area (Å²) in [7, 11) is 4.91. The zero-order valence-corrected chi connectivity index (χ0v) is 21.4. The quantitative estimate of drug-likeness (QED) is 0.347. The highest BCUT2D eigenvalue weighted by Crippen LogP contribution is 2.51. The highest BCUT2D eigenvalue weighted by molar-refractivity contribution is 9.10. The Bertz CT molecular complexity index is 1500. The molecule has 0 saturated carbocycles. The van der Waals surface area contributed by atoms with E-state index in [0.717, 1.165) is 43.9 Å². The van der Waals surface area contributed by atoms with Gasteiger partial charge in [0.2, 0.25) is 5.95 Å². The number of hydrogen-bond acceptors (Lipinski definition) is 7. The molecule has 0 unspecified atom stereocenters. The topological polar surface area (TPSA) is 79.7 Å². The molecule has 1 N–H and O–H groups in total. The Morgan fingerprint density at radius 1 is 0.889 bits per heavy atom. The molecule has 9 heteroatoms. The van der Waals surface area contributed by atoms with Crippen molar-refractivity contribution in [1.82, 2.24) is 14.8 Å². The summed E-state index contributed by atoms with van der Waals surface area (Å²) in [6.45, 7) is 0. The fraction of sp³-hybridized carbons (Fsp3) is 0.185. The summed E-state index contributed by atoms with van der Waals surface area (Å²) < 4.78 is 26.0. The number of para-hydroxylation sites is 1. The Hall–Kier alpha value is -3.98. The second kappa shape index (κ2) is 8.91. The van der Waals surface area contributed by atoms with Crippen LogP contribution < -0.4 is 24.3 Å². The van der Waals surface area contributed by atoms with Crippen LogP contribution in [0.1, 0.15) is 28.8 Å². The molecule has 36 heavy (non-hydrogen) atoms. The molecule has 0 bridgehead atoms. The van der Waals surface area contributed by atoms with Gasteiger partial charge in [0.25, 0.3) is 0 Å². The molecule has 2 atom stereocenters. The Balaban J connectivity index is 1.60. The van der Waals surface area contributed by atoms with E-state index in [-0.39, 0.29) is 6.04 Å². The average molecular weight is 547 g/mol. The molecular weight excluding hydrogens is 524 g/mol. The Kier molecular flexibility index (Phi) is 5.56. The minimum Gasteiger partial charge on any atom is -0.496 e. The van der Waals surface area contributed by atoms with Crippen molar-refractivity contribution in [2.24, 2.45) is 0 Å². The Morgan fingerprint density at radius 3 is 2.42 bits per heavy atom. The highest BCUT2D eigenvalue weighted by atomic mass is 79.9. The number of benzene rings is 3. The lowest BCUT2D eigenvalue weighted by atomic mass is 9.84. The van der Waals surface area contributed by atoms with Gasteiger partial charge >= 0.3 is 0 Å². The van der Waals surface area contributed by atoms with Crippen molar-refractivity contribution >= 4 is 27.6 Å². The minimum atomic E-state index is -0.403. The zero-order chi connectivity index (χ0) is 24.8. The van der Waals surface area contributed by atoms with Crippen molar-refractivity contribution in [3.63, 3.8) is 0 Å². The lowest BCUT2D eigenvalue weighted by molar-refractivity contribution is 0.222. The van der Waals surface area contributed by atoms with E-state index in [1.165, 1.54) is 0 Å². The first-order valence-electron chi connectivity index (χ1n) is 11.3. The summed E-state index contributed by atoms with van der Waals surface area (Å²) in [6.07, 6.45) is 1.15. The monoisotopic (exact) mass is 546 g/mol. The second-order valence-electron chi connectivity index (χ2n) is 8.39. The van der Waals surface area contributed by atoms with Crippen molar-refractivity contribution in [1.29, 1.82) is 0 Å². The van der Waals surface area contributed by atoms with Crippen molar-refractivity contribution in [3.05, 3.63) is 93.7 Å². The van der Waals surface area contributed by atoms with Gasteiger partial charge in [-0.2, -0.15) is 10.1 Å². The van der Waals surface area contributed by atoms with Crippen LogP contribution in [0.5, 0.6) is 23.0 Å². The van der Waals surface area contributed by atoms with Crippen LogP contribution in [-0.2, 0) is 0 Å². The normalized spacial score (nSPS) is 17.8. The average Bonchev–Trinajstić information content (AvgIpc) is 3.39. The van der Waals surface area contributed by atoms with Gasteiger partial charge in [0.1, 0.15) is 30.0 Å². The van der Waals surface area contributed by atoms with Gasteiger partial charge in [0.05, 0.1) is 31.5 Å². The smallest absolute Gasteiger partial charge is 0.226 e. The lowest BCUT2D eigenvalue weighted by Gasteiger charge is -2.39. The predicted octanol–water partition coefficient (Wildman–Crippen LogP) is 5.63. The van der Waals surface area contributed by atoms with Crippen LogP contribution in [0.2, 0.25) is 0 Å². The van der Waals surface area contributed by atoms with Crippen LogP contribution in [0.4, 0.5) is 5.95 Å². The number of halogens is 1. The molecule has 6 rings (SSSR count). The number of methoxy groups -OCH3 is 3. The van der Waals surface area contributed by atoms with Gasteiger partial charge in [-0.1, -0.05) is 24.3 Å². The van der Waals surface area contributed by atoms with Crippen molar-refractivity contribution in [2.75, 3.05) is 26.6 Å². The van der Waals surface area contributed by atoms with Gasteiger partial charge in [-0.25, -0.2) is 4.68 Å². The molecule has 2 aliphatic heterocycles. The second-order valence-corrected chi connectivity index (χ2v) is 9.24. The highest BCUT2D eigenvalue weighted by Gasteiger charge is 2.41. The molecule has 0 saturated heterocycles. The van der Waals surface area contributed by atoms with Gasteiger partial charge in [0.15, 0.2) is 11.5 Å². The standard InChI is InChI=1S/C27H23BrN4O4/c1-33-20-10-9-16(12-18(20)28)26-23-24(17-6-4-5-7-19(17)36-26)31-27-29-14-30-32(27)25(23)15-8-11-21(34-2)22(13-15)35-3/h4-14,25-26H,1-3H3,(H,29,30,31)/t25-,26+/m1/s1. The van der Waals surface area contributed by atoms with E-state index < -0.39 is 6.10 Å². The molecule has 182 valence electrons. The third-order valence-electron chi connectivity index (χ3n) is 6.52. The fourth-order valence-electron chi connectivity index (χ4n) is 4.88. The maximum Gasteiger partial charge on any atom is 0.226 e. The fourth-order valence-corrected chi connectivity index (χ4v) is 5.44. The third kappa shape index (κ3) is 3.50. The van der Waals surface area contributed by atoms with E-state index in [2.05, 4.69) is 37.4 Å². The minimum absolute atomic E-state index is 0.308. The van der Waals surface area contributed by atoms with Crippen molar-refractivity contribution < 1.29 is 18.9 Å². The summed E-state index contributed by atoms with van der Waals surface area (Å²) in [4.78, 5) is 4.49. The molecule has 2 aliphatic rings. The Labute approximate surface area is 216 Å².